The number of carbonyl (C=O) groups excluding carboxylic acids is 1. The van der Waals surface area contributed by atoms with E-state index in [2.05, 4.69) is 22.5 Å². The molecule has 1 aromatic rings. The van der Waals surface area contributed by atoms with Gasteiger partial charge in [-0.25, -0.2) is 0 Å². The Morgan fingerprint density at radius 3 is 3.05 bits per heavy atom. The summed E-state index contributed by atoms with van der Waals surface area (Å²) in [4.78, 5) is 16.8. The van der Waals surface area contributed by atoms with Gasteiger partial charge in [-0.1, -0.05) is 6.92 Å². The lowest BCUT2D eigenvalue weighted by Crippen LogP contribution is -2.42. The molecule has 114 valence electrons. The zero-order valence-electron chi connectivity index (χ0n) is 12.7. The van der Waals surface area contributed by atoms with Crippen LogP contribution in [0.3, 0.4) is 0 Å². The van der Waals surface area contributed by atoms with Crippen LogP contribution in [-0.4, -0.2) is 36.0 Å². The summed E-state index contributed by atoms with van der Waals surface area (Å²) in [5.74, 6) is 1.09. The molecule has 4 rings (SSSR count). The van der Waals surface area contributed by atoms with Crippen LogP contribution in [0.25, 0.3) is 0 Å². The molecule has 2 fully saturated rings. The van der Waals surface area contributed by atoms with Gasteiger partial charge in [-0.3, -0.25) is 4.79 Å². The van der Waals surface area contributed by atoms with E-state index >= 15 is 0 Å². The largest absolute Gasteiger partial charge is 0.331 e. The Bertz CT molecular complexity index is 539. The summed E-state index contributed by atoms with van der Waals surface area (Å²) >= 11 is 1.81. The Morgan fingerprint density at radius 1 is 1.29 bits per heavy atom. The second kappa shape index (κ2) is 5.40. The predicted molar refractivity (Wildman–Crippen MR) is 86.0 cm³/mol. The average Bonchev–Trinajstić information content (AvgIpc) is 2.97. The van der Waals surface area contributed by atoms with Crippen LogP contribution in [0, 0.1) is 5.92 Å². The first kappa shape index (κ1) is 13.8. The van der Waals surface area contributed by atoms with Crippen molar-refractivity contribution in [3.05, 3.63) is 21.4 Å². The van der Waals surface area contributed by atoms with Crippen LogP contribution in [0.5, 0.6) is 0 Å². The van der Waals surface area contributed by atoms with Gasteiger partial charge >= 0.3 is 0 Å². The normalized spacial score (nSPS) is 31.9. The second-order valence-electron chi connectivity index (χ2n) is 6.99. The third-order valence-corrected chi connectivity index (χ3v) is 6.57. The minimum absolute atomic E-state index is 0.318. The van der Waals surface area contributed by atoms with Crippen LogP contribution in [0.15, 0.2) is 5.38 Å². The highest BCUT2D eigenvalue weighted by atomic mass is 32.1. The van der Waals surface area contributed by atoms with E-state index in [1.165, 1.54) is 36.1 Å². The van der Waals surface area contributed by atoms with Crippen molar-refractivity contribution in [3.8, 4) is 0 Å². The van der Waals surface area contributed by atoms with Gasteiger partial charge in [-0.2, -0.15) is 0 Å². The summed E-state index contributed by atoms with van der Waals surface area (Å²) in [6.45, 7) is 4.36. The average molecular weight is 304 g/mol. The summed E-state index contributed by atoms with van der Waals surface area (Å²) in [7, 11) is 0. The molecule has 3 unspecified atom stereocenters. The Labute approximate surface area is 130 Å². The maximum Gasteiger partial charge on any atom is 0.255 e. The minimum atomic E-state index is 0.318. The molecule has 3 heterocycles. The Balaban J connectivity index is 1.63. The number of hydrogen-bond acceptors (Lipinski definition) is 3. The molecule has 0 spiro atoms. The van der Waals surface area contributed by atoms with Gasteiger partial charge in [0, 0.05) is 28.9 Å². The lowest BCUT2D eigenvalue weighted by Gasteiger charge is -2.28. The van der Waals surface area contributed by atoms with Gasteiger partial charge in [0.2, 0.25) is 0 Å². The zero-order valence-corrected chi connectivity index (χ0v) is 13.5. The maximum atomic E-state index is 13.1. The van der Waals surface area contributed by atoms with Crippen LogP contribution in [0.1, 0.15) is 53.4 Å². The number of nitrogens with zero attached hydrogens (tertiary/aromatic N) is 1. The molecular weight excluding hydrogens is 280 g/mol. The molecule has 1 aliphatic carbocycles. The second-order valence-corrected chi connectivity index (χ2v) is 7.95. The van der Waals surface area contributed by atoms with E-state index in [0.29, 0.717) is 18.0 Å². The number of carbonyl (C=O) groups is 1. The molecule has 0 radical (unpaired) electrons. The van der Waals surface area contributed by atoms with Crippen molar-refractivity contribution in [2.75, 3.05) is 13.1 Å². The molecule has 0 saturated carbocycles. The van der Waals surface area contributed by atoms with Gasteiger partial charge in [-0.15, -0.1) is 11.3 Å². The SMILES string of the molecule is CC1CCc2c(C(=O)N3C4CCNCC3CC4)csc2C1. The van der Waals surface area contributed by atoms with Crippen molar-refractivity contribution in [2.45, 2.75) is 57.5 Å². The fourth-order valence-corrected chi connectivity index (χ4v) is 5.55. The fourth-order valence-electron chi connectivity index (χ4n) is 4.31. The fraction of sp³-hybridized carbons (Fsp3) is 0.706. The number of amides is 1. The standard InChI is InChI=1S/C17H24N2OS/c1-11-2-5-14-15(10-21-16(14)8-11)17(20)19-12-3-4-13(19)9-18-7-6-12/h10-13,18H,2-9H2,1H3. The lowest BCUT2D eigenvalue weighted by molar-refractivity contribution is 0.0679. The highest BCUT2D eigenvalue weighted by Gasteiger charge is 2.39. The molecular formula is C17H24N2OS. The molecule has 2 aliphatic heterocycles. The topological polar surface area (TPSA) is 32.3 Å². The van der Waals surface area contributed by atoms with Gasteiger partial charge < -0.3 is 10.2 Å². The van der Waals surface area contributed by atoms with E-state index in [1.807, 2.05) is 11.3 Å². The Kier molecular flexibility index (Phi) is 3.54. The van der Waals surface area contributed by atoms with Crippen LogP contribution in [0.2, 0.25) is 0 Å². The number of hydrogen-bond donors (Lipinski definition) is 1. The molecule has 21 heavy (non-hydrogen) atoms. The van der Waals surface area contributed by atoms with E-state index in [-0.39, 0.29) is 0 Å². The van der Waals surface area contributed by atoms with Gasteiger partial charge in [0.15, 0.2) is 0 Å². The molecule has 2 bridgehead atoms. The molecule has 1 N–H and O–H groups in total. The lowest BCUT2D eigenvalue weighted by atomic mass is 9.88. The van der Waals surface area contributed by atoms with Crippen LogP contribution >= 0.6 is 11.3 Å². The Morgan fingerprint density at radius 2 is 2.14 bits per heavy atom. The number of thiophene rings is 1. The molecule has 3 nitrogen and oxygen atoms in total. The maximum absolute atomic E-state index is 13.1. The molecule has 1 aromatic heterocycles. The van der Waals surface area contributed by atoms with Crippen molar-refractivity contribution in [3.63, 3.8) is 0 Å². The van der Waals surface area contributed by atoms with Gasteiger partial charge in [0.05, 0.1) is 5.56 Å². The summed E-state index contributed by atoms with van der Waals surface area (Å²) in [6.07, 6.45) is 6.99. The minimum Gasteiger partial charge on any atom is -0.331 e. The summed E-state index contributed by atoms with van der Waals surface area (Å²) < 4.78 is 0. The Hall–Kier alpha value is -0.870. The molecule has 3 atom stereocenters. The number of nitrogens with one attached hydrogen (secondary N) is 1. The van der Waals surface area contributed by atoms with E-state index in [9.17, 15) is 4.79 Å². The molecule has 4 heteroatoms. The molecule has 1 amide bonds. The van der Waals surface area contributed by atoms with Crippen molar-refractivity contribution in [1.82, 2.24) is 10.2 Å². The number of fused-ring (bicyclic) bond motifs is 3. The van der Waals surface area contributed by atoms with Crippen LogP contribution in [-0.2, 0) is 12.8 Å². The van der Waals surface area contributed by atoms with Crippen molar-refractivity contribution >= 4 is 17.2 Å². The third-order valence-electron chi connectivity index (χ3n) is 5.52. The number of rotatable bonds is 1. The van der Waals surface area contributed by atoms with Crippen LogP contribution in [0.4, 0.5) is 0 Å². The molecule has 0 aromatic carbocycles. The van der Waals surface area contributed by atoms with Gasteiger partial charge in [0.25, 0.3) is 5.91 Å². The van der Waals surface area contributed by atoms with E-state index < -0.39 is 0 Å². The van der Waals surface area contributed by atoms with E-state index in [0.717, 1.165) is 37.4 Å². The summed E-state index contributed by atoms with van der Waals surface area (Å²) in [5, 5.41) is 5.63. The van der Waals surface area contributed by atoms with E-state index in [4.69, 9.17) is 0 Å². The first-order valence-electron chi connectivity index (χ1n) is 8.36. The van der Waals surface area contributed by atoms with Crippen molar-refractivity contribution < 1.29 is 4.79 Å². The first-order chi connectivity index (χ1) is 10.2. The quantitative estimate of drug-likeness (QED) is 0.865. The van der Waals surface area contributed by atoms with Crippen LogP contribution < -0.4 is 5.32 Å². The summed E-state index contributed by atoms with van der Waals surface area (Å²) in [6, 6.07) is 0.888. The van der Waals surface area contributed by atoms with Gasteiger partial charge in [0.1, 0.15) is 0 Å². The molecule has 2 saturated heterocycles. The van der Waals surface area contributed by atoms with Crippen molar-refractivity contribution in [2.24, 2.45) is 5.92 Å². The monoisotopic (exact) mass is 304 g/mol. The first-order valence-corrected chi connectivity index (χ1v) is 9.24. The van der Waals surface area contributed by atoms with Gasteiger partial charge in [-0.05, 0) is 56.6 Å². The summed E-state index contributed by atoms with van der Waals surface area (Å²) in [5.41, 5.74) is 2.40. The smallest absolute Gasteiger partial charge is 0.255 e. The third kappa shape index (κ3) is 2.33. The predicted octanol–water partition coefficient (Wildman–Crippen LogP) is 2.84. The highest BCUT2D eigenvalue weighted by Crippen LogP contribution is 2.36. The molecule has 3 aliphatic rings. The highest BCUT2D eigenvalue weighted by molar-refractivity contribution is 7.10. The van der Waals surface area contributed by atoms with Crippen molar-refractivity contribution in [1.29, 1.82) is 0 Å². The zero-order chi connectivity index (χ0) is 14.4. The van der Waals surface area contributed by atoms with E-state index in [1.54, 1.807) is 0 Å².